The van der Waals surface area contributed by atoms with E-state index in [-0.39, 0.29) is 17.8 Å². The van der Waals surface area contributed by atoms with Gasteiger partial charge >= 0.3 is 0 Å². The van der Waals surface area contributed by atoms with Crippen LogP contribution in [-0.2, 0) is 6.54 Å². The fraction of sp³-hybridized carbons (Fsp3) is 0.591. The fourth-order valence-electron chi connectivity index (χ4n) is 5.62. The third-order valence-electron chi connectivity index (χ3n) is 7.19. The second-order valence-corrected chi connectivity index (χ2v) is 9.92. The zero-order valence-electron chi connectivity index (χ0n) is 16.7. The molecule has 3 saturated heterocycles. The van der Waals surface area contributed by atoms with E-state index in [9.17, 15) is 9.50 Å². The number of hydrogen-bond acceptors (Lipinski definition) is 6. The monoisotopic (exact) mass is 416 g/mol. The van der Waals surface area contributed by atoms with Crippen LogP contribution in [0.25, 0.3) is 0 Å². The number of aliphatic hydroxyl groups is 1. The second-order valence-electron chi connectivity index (χ2n) is 8.94. The summed E-state index contributed by atoms with van der Waals surface area (Å²) >= 11 is 1.72. The van der Waals surface area contributed by atoms with E-state index in [1.165, 1.54) is 5.01 Å². The average molecular weight is 417 g/mol. The maximum Gasteiger partial charge on any atom is 0.123 e. The lowest BCUT2D eigenvalue weighted by Crippen LogP contribution is -2.46. The minimum absolute atomic E-state index is 0.0192. The van der Waals surface area contributed by atoms with Gasteiger partial charge in [0.25, 0.3) is 0 Å². The molecule has 2 atom stereocenters. The zero-order valence-corrected chi connectivity index (χ0v) is 17.5. The number of rotatable bonds is 5. The van der Waals surface area contributed by atoms with Crippen molar-refractivity contribution in [3.63, 3.8) is 0 Å². The summed E-state index contributed by atoms with van der Waals surface area (Å²) in [6.45, 7) is 7.34. The number of benzene rings is 1. The molecular formula is C22H29FN4OS. The molecule has 1 N–H and O–H groups in total. The Balaban J connectivity index is 1.18. The normalized spacial score (nSPS) is 28.9. The molecule has 0 saturated carbocycles. The highest BCUT2D eigenvalue weighted by molar-refractivity contribution is 7.09. The van der Waals surface area contributed by atoms with E-state index in [4.69, 9.17) is 0 Å². The summed E-state index contributed by atoms with van der Waals surface area (Å²) in [7, 11) is 0. The van der Waals surface area contributed by atoms with Crippen molar-refractivity contribution in [2.24, 2.45) is 11.3 Å². The lowest BCUT2D eigenvalue weighted by molar-refractivity contribution is 0.0989. The summed E-state index contributed by atoms with van der Waals surface area (Å²) < 4.78 is 13.2. The van der Waals surface area contributed by atoms with Gasteiger partial charge in [-0.05, 0) is 43.0 Å². The van der Waals surface area contributed by atoms with Gasteiger partial charge < -0.3 is 10.0 Å². The second kappa shape index (κ2) is 7.95. The van der Waals surface area contributed by atoms with E-state index in [1.54, 1.807) is 23.5 Å². The van der Waals surface area contributed by atoms with Gasteiger partial charge in [0.15, 0.2) is 0 Å². The number of nitrogens with zero attached hydrogens (tertiary/aromatic N) is 4. The van der Waals surface area contributed by atoms with Gasteiger partial charge in [0.05, 0.1) is 13.2 Å². The fourth-order valence-corrected chi connectivity index (χ4v) is 6.28. The van der Waals surface area contributed by atoms with Crippen molar-refractivity contribution in [1.29, 1.82) is 0 Å². The Labute approximate surface area is 175 Å². The van der Waals surface area contributed by atoms with Gasteiger partial charge in [0, 0.05) is 68.0 Å². The zero-order chi connectivity index (χ0) is 19.8. The first-order valence-corrected chi connectivity index (χ1v) is 11.5. The van der Waals surface area contributed by atoms with Crippen molar-refractivity contribution in [2.75, 3.05) is 50.8 Å². The topological polar surface area (TPSA) is 42.8 Å². The first-order valence-electron chi connectivity index (χ1n) is 10.6. The maximum atomic E-state index is 13.2. The van der Waals surface area contributed by atoms with Crippen molar-refractivity contribution in [3.05, 3.63) is 46.7 Å². The summed E-state index contributed by atoms with van der Waals surface area (Å²) in [5, 5.41) is 13.5. The molecule has 2 unspecified atom stereocenters. The summed E-state index contributed by atoms with van der Waals surface area (Å²) in [5.74, 6) is 0.369. The number of hydrogen-bond donors (Lipinski definition) is 1. The molecule has 29 heavy (non-hydrogen) atoms. The molecule has 3 aliphatic rings. The van der Waals surface area contributed by atoms with Gasteiger partial charge in [-0.25, -0.2) is 9.37 Å². The molecule has 7 heteroatoms. The Kier molecular flexibility index (Phi) is 5.32. The first-order chi connectivity index (χ1) is 14.1. The van der Waals surface area contributed by atoms with Crippen LogP contribution in [0.5, 0.6) is 0 Å². The van der Waals surface area contributed by atoms with Gasteiger partial charge in [-0.15, -0.1) is 11.3 Å². The summed E-state index contributed by atoms with van der Waals surface area (Å²) in [6.07, 6.45) is 4.14. The summed E-state index contributed by atoms with van der Waals surface area (Å²) in [6, 6.07) is 7.45. The highest BCUT2D eigenvalue weighted by Crippen LogP contribution is 2.44. The standard InChI is InChI=1S/C22H29FN4OS/c23-18-1-3-19(4-2-18)26-8-5-20(6-9-26)27-12-17-11-25(13-21-24-7-10-29-21)14-22(17,15-27)16-28/h1-4,7,10,17,20,28H,5-6,8-9,11-16H2. The third kappa shape index (κ3) is 3.81. The quantitative estimate of drug-likeness (QED) is 0.812. The van der Waals surface area contributed by atoms with Crippen LogP contribution in [0.1, 0.15) is 17.8 Å². The smallest absolute Gasteiger partial charge is 0.123 e. The van der Waals surface area contributed by atoms with Gasteiger partial charge in [0.2, 0.25) is 0 Å². The third-order valence-corrected chi connectivity index (χ3v) is 7.95. The number of likely N-dealkylation sites (tertiary alicyclic amines) is 2. The lowest BCUT2D eigenvalue weighted by atomic mass is 9.82. The summed E-state index contributed by atoms with van der Waals surface area (Å²) in [4.78, 5) is 11.9. The molecule has 156 valence electrons. The molecule has 0 spiro atoms. The van der Waals surface area contributed by atoms with Gasteiger partial charge in [0.1, 0.15) is 10.8 Å². The SMILES string of the molecule is OCC12CN(Cc3nccs3)CC1CN(C1CCN(c3ccc(F)cc3)CC1)C2. The number of aromatic nitrogens is 1. The van der Waals surface area contributed by atoms with Crippen LogP contribution in [0, 0.1) is 17.2 Å². The maximum absolute atomic E-state index is 13.2. The molecular weight excluding hydrogens is 387 g/mol. The van der Waals surface area contributed by atoms with E-state index in [1.807, 2.05) is 23.7 Å². The van der Waals surface area contributed by atoms with Crippen LogP contribution in [0.3, 0.4) is 0 Å². The van der Waals surface area contributed by atoms with Crippen LogP contribution in [0.2, 0.25) is 0 Å². The van der Waals surface area contributed by atoms with Gasteiger partial charge in [-0.3, -0.25) is 9.80 Å². The minimum atomic E-state index is -0.176. The van der Waals surface area contributed by atoms with Crippen LogP contribution >= 0.6 is 11.3 Å². The van der Waals surface area contributed by atoms with Crippen LogP contribution in [0.15, 0.2) is 35.8 Å². The number of piperidine rings is 1. The van der Waals surface area contributed by atoms with E-state index in [2.05, 4.69) is 19.7 Å². The number of thiazole rings is 1. The van der Waals surface area contributed by atoms with Crippen LogP contribution in [-0.4, -0.2) is 71.8 Å². The molecule has 2 aromatic rings. The molecule has 3 fully saturated rings. The number of halogens is 1. The summed E-state index contributed by atoms with van der Waals surface area (Å²) in [5.41, 5.74) is 1.14. The van der Waals surface area contributed by atoms with Crippen molar-refractivity contribution in [3.8, 4) is 0 Å². The molecule has 5 rings (SSSR count). The predicted molar refractivity (Wildman–Crippen MR) is 114 cm³/mol. The number of fused-ring (bicyclic) bond motifs is 1. The molecule has 4 heterocycles. The average Bonchev–Trinajstić information content (AvgIpc) is 3.44. The Bertz CT molecular complexity index is 809. The molecule has 0 aliphatic carbocycles. The highest BCUT2D eigenvalue weighted by Gasteiger charge is 2.53. The van der Waals surface area contributed by atoms with Crippen molar-refractivity contribution in [2.45, 2.75) is 25.4 Å². The lowest BCUT2D eigenvalue weighted by Gasteiger charge is -2.39. The predicted octanol–water partition coefficient (Wildman–Crippen LogP) is 2.68. The van der Waals surface area contributed by atoms with E-state index >= 15 is 0 Å². The van der Waals surface area contributed by atoms with E-state index in [0.29, 0.717) is 12.0 Å². The molecule has 3 aliphatic heterocycles. The Morgan fingerprint density at radius 2 is 1.93 bits per heavy atom. The molecule has 0 radical (unpaired) electrons. The molecule has 1 aromatic heterocycles. The van der Waals surface area contributed by atoms with Gasteiger partial charge in [-0.2, -0.15) is 0 Å². The van der Waals surface area contributed by atoms with Crippen molar-refractivity contribution < 1.29 is 9.50 Å². The Hall–Kier alpha value is -1.54. The molecule has 5 nitrogen and oxygen atoms in total. The number of anilines is 1. The minimum Gasteiger partial charge on any atom is -0.396 e. The van der Waals surface area contributed by atoms with Crippen molar-refractivity contribution >= 4 is 17.0 Å². The largest absolute Gasteiger partial charge is 0.396 e. The first kappa shape index (κ1) is 19.4. The Morgan fingerprint density at radius 1 is 1.14 bits per heavy atom. The molecule has 0 bridgehead atoms. The molecule has 0 amide bonds. The van der Waals surface area contributed by atoms with Crippen LogP contribution in [0.4, 0.5) is 10.1 Å². The Morgan fingerprint density at radius 3 is 2.59 bits per heavy atom. The van der Waals surface area contributed by atoms with E-state index < -0.39 is 0 Å². The van der Waals surface area contributed by atoms with Crippen molar-refractivity contribution in [1.82, 2.24) is 14.8 Å². The number of aliphatic hydroxyl groups excluding tert-OH is 1. The highest BCUT2D eigenvalue weighted by atomic mass is 32.1. The van der Waals surface area contributed by atoms with Gasteiger partial charge in [-0.1, -0.05) is 0 Å². The van der Waals surface area contributed by atoms with E-state index in [0.717, 1.165) is 64.3 Å². The molecule has 1 aromatic carbocycles. The van der Waals surface area contributed by atoms with Crippen LogP contribution < -0.4 is 4.90 Å².